The van der Waals surface area contributed by atoms with Gasteiger partial charge in [0.25, 0.3) is 0 Å². The number of aliphatic hydroxyl groups excluding tert-OH is 1. The first kappa shape index (κ1) is 101. The van der Waals surface area contributed by atoms with Crippen LogP contribution in [0.2, 0.25) is 0 Å². The van der Waals surface area contributed by atoms with Crippen molar-refractivity contribution in [3.8, 4) is 0 Å². The zero-order valence-corrected chi connectivity index (χ0v) is 69.6. The molecule has 612 valence electrons. The zero-order chi connectivity index (χ0) is 75.8. The number of ether oxygens (including phenoxy) is 4. The fraction of sp³-hybridized carbons (Fsp3) is 0.952. The smallest absolute Gasteiger partial charge is 0.462 e. The first-order valence-electron chi connectivity index (χ1n) is 43.3. The van der Waals surface area contributed by atoms with E-state index in [2.05, 4.69) is 48.5 Å². The maximum atomic E-state index is 13.1. The zero-order valence-electron chi connectivity index (χ0n) is 67.8. The predicted octanol–water partition coefficient (Wildman–Crippen LogP) is 25.3. The van der Waals surface area contributed by atoms with Crippen LogP contribution < -0.4 is 0 Å². The summed E-state index contributed by atoms with van der Waals surface area (Å²) in [5.41, 5.74) is 0. The molecule has 0 heterocycles. The van der Waals surface area contributed by atoms with Crippen LogP contribution in [0.4, 0.5) is 0 Å². The van der Waals surface area contributed by atoms with Gasteiger partial charge in [0.15, 0.2) is 12.2 Å². The highest BCUT2D eigenvalue weighted by Crippen LogP contribution is 2.45. The molecule has 0 bridgehead atoms. The van der Waals surface area contributed by atoms with Crippen LogP contribution in [-0.2, 0) is 65.4 Å². The number of phosphoric acid groups is 2. The molecule has 2 unspecified atom stereocenters. The molecular formula is C84H164O17P2. The molecule has 0 rings (SSSR count). The fourth-order valence-electron chi connectivity index (χ4n) is 13.0. The van der Waals surface area contributed by atoms with Crippen LogP contribution in [0.3, 0.4) is 0 Å². The molecule has 0 aliphatic heterocycles. The highest BCUT2D eigenvalue weighted by atomic mass is 31.2. The van der Waals surface area contributed by atoms with Crippen LogP contribution in [0, 0.1) is 17.8 Å². The lowest BCUT2D eigenvalue weighted by atomic mass is 10.0. The predicted molar refractivity (Wildman–Crippen MR) is 423 cm³/mol. The molecule has 19 heteroatoms. The van der Waals surface area contributed by atoms with Gasteiger partial charge in [0.2, 0.25) is 0 Å². The second-order valence-electron chi connectivity index (χ2n) is 31.6. The summed E-state index contributed by atoms with van der Waals surface area (Å²) in [7, 11) is -9.93. The number of aliphatic hydroxyl groups is 1. The molecular weight excluding hydrogens is 1340 g/mol. The Morgan fingerprint density at radius 1 is 0.262 bits per heavy atom. The van der Waals surface area contributed by atoms with Crippen LogP contribution >= 0.6 is 15.6 Å². The lowest BCUT2D eigenvalue weighted by molar-refractivity contribution is -0.161. The molecule has 0 saturated heterocycles. The van der Waals surface area contributed by atoms with Gasteiger partial charge in [-0.1, -0.05) is 389 Å². The Labute approximate surface area is 632 Å². The lowest BCUT2D eigenvalue weighted by Gasteiger charge is -2.21. The Balaban J connectivity index is 5.23. The minimum Gasteiger partial charge on any atom is -0.462 e. The number of esters is 4. The normalized spacial score (nSPS) is 13.9. The van der Waals surface area contributed by atoms with Gasteiger partial charge in [0, 0.05) is 25.7 Å². The van der Waals surface area contributed by atoms with E-state index in [9.17, 15) is 43.2 Å². The summed E-state index contributed by atoms with van der Waals surface area (Å²) in [6.45, 7) is 11.9. The molecule has 0 aromatic carbocycles. The van der Waals surface area contributed by atoms with Gasteiger partial charge in [0.1, 0.15) is 19.3 Å². The van der Waals surface area contributed by atoms with E-state index < -0.39 is 97.5 Å². The lowest BCUT2D eigenvalue weighted by Crippen LogP contribution is -2.30. The molecule has 3 N–H and O–H groups in total. The van der Waals surface area contributed by atoms with Crippen molar-refractivity contribution in [3.63, 3.8) is 0 Å². The summed E-state index contributed by atoms with van der Waals surface area (Å²) in [5.74, 6) is 0.178. The number of phosphoric ester groups is 2. The third-order valence-electron chi connectivity index (χ3n) is 19.6. The topological polar surface area (TPSA) is 237 Å². The molecule has 0 saturated carbocycles. The Bertz CT molecular complexity index is 1990. The summed E-state index contributed by atoms with van der Waals surface area (Å²) >= 11 is 0. The molecule has 0 aromatic rings. The van der Waals surface area contributed by atoms with Gasteiger partial charge in [-0.2, -0.15) is 0 Å². The van der Waals surface area contributed by atoms with Crippen LogP contribution in [0.5, 0.6) is 0 Å². The van der Waals surface area contributed by atoms with E-state index in [1.165, 1.54) is 250 Å². The average molecular weight is 1510 g/mol. The minimum absolute atomic E-state index is 0.106. The summed E-state index contributed by atoms with van der Waals surface area (Å²) in [6.07, 6.45) is 64.0. The van der Waals surface area contributed by atoms with Crippen LogP contribution in [-0.4, -0.2) is 96.7 Å². The van der Waals surface area contributed by atoms with Crippen molar-refractivity contribution in [2.75, 3.05) is 39.6 Å². The number of hydrogen-bond acceptors (Lipinski definition) is 15. The number of rotatable bonds is 82. The van der Waals surface area contributed by atoms with Gasteiger partial charge in [0.05, 0.1) is 26.4 Å². The van der Waals surface area contributed by atoms with E-state index in [1.807, 2.05) is 0 Å². The minimum atomic E-state index is -4.96. The monoisotopic (exact) mass is 1510 g/mol. The van der Waals surface area contributed by atoms with E-state index in [-0.39, 0.29) is 25.7 Å². The highest BCUT2D eigenvalue weighted by Gasteiger charge is 2.30. The van der Waals surface area contributed by atoms with Crippen LogP contribution in [0.15, 0.2) is 0 Å². The van der Waals surface area contributed by atoms with E-state index in [4.69, 9.17) is 37.0 Å². The molecule has 0 radical (unpaired) electrons. The maximum absolute atomic E-state index is 13.1. The summed E-state index contributed by atoms with van der Waals surface area (Å²) in [6, 6.07) is 0. The van der Waals surface area contributed by atoms with E-state index in [1.54, 1.807) is 0 Å². The van der Waals surface area contributed by atoms with Crippen molar-refractivity contribution in [1.82, 2.24) is 0 Å². The molecule has 0 fully saturated rings. The highest BCUT2D eigenvalue weighted by molar-refractivity contribution is 7.47. The SMILES string of the molecule is CCCCCCCCCCCCCCCCCCCCCCCCC(=O)O[C@H](COC(=O)CCCCCCCCCCCCCCCC(C)C)COP(=O)(O)OC[C@@H](O)COP(=O)(O)OC[C@@H](COC(=O)CCCCCCCCCCCC(C)C)OC(=O)CCCCCCCCCCCCC(C)C. The Morgan fingerprint density at radius 3 is 0.660 bits per heavy atom. The first-order valence-corrected chi connectivity index (χ1v) is 46.3. The van der Waals surface area contributed by atoms with E-state index in [0.717, 1.165) is 108 Å². The molecule has 103 heavy (non-hydrogen) atoms. The Kier molecular flexibility index (Phi) is 72.8. The van der Waals surface area contributed by atoms with Crippen LogP contribution in [0.1, 0.15) is 440 Å². The largest absolute Gasteiger partial charge is 0.472 e. The molecule has 0 aliphatic rings. The van der Waals surface area contributed by atoms with Gasteiger partial charge >= 0.3 is 39.5 Å². The Hall–Kier alpha value is -1.94. The molecule has 0 aromatic heterocycles. The van der Waals surface area contributed by atoms with Gasteiger partial charge in [-0.15, -0.1) is 0 Å². The first-order chi connectivity index (χ1) is 49.7. The van der Waals surface area contributed by atoms with Gasteiger partial charge in [-0.05, 0) is 43.4 Å². The van der Waals surface area contributed by atoms with Crippen molar-refractivity contribution in [1.29, 1.82) is 0 Å². The molecule has 17 nitrogen and oxygen atoms in total. The summed E-state index contributed by atoms with van der Waals surface area (Å²) < 4.78 is 68.8. The maximum Gasteiger partial charge on any atom is 0.472 e. The summed E-state index contributed by atoms with van der Waals surface area (Å²) in [5, 5.41) is 10.7. The number of carbonyl (C=O) groups excluding carboxylic acids is 4. The van der Waals surface area contributed by atoms with Crippen molar-refractivity contribution >= 4 is 39.5 Å². The van der Waals surface area contributed by atoms with Crippen molar-refractivity contribution in [2.45, 2.75) is 458 Å². The Morgan fingerprint density at radius 2 is 0.447 bits per heavy atom. The van der Waals surface area contributed by atoms with Gasteiger partial charge < -0.3 is 33.8 Å². The standard InChI is InChI=1S/C84H164O17P2/c1-8-9-10-11-12-13-14-15-16-17-18-19-20-21-22-23-26-30-38-46-53-60-67-83(88)100-79(71-94-81(86)65-58-51-44-37-29-27-24-25-28-34-41-48-55-62-75(2)3)73-98-102(90,91)96-69-78(85)70-97-103(92,93)99-74-80(72-95-82(87)66-59-52-45-40-33-36-43-50-57-64-77(6)7)101-84(89)68-61-54-47-39-32-31-35-42-49-56-63-76(4)5/h75-80,85H,8-74H2,1-7H3,(H,90,91)(H,92,93)/t78-,79-,80-/m1/s1. The van der Waals surface area contributed by atoms with E-state index >= 15 is 0 Å². The van der Waals surface area contributed by atoms with Gasteiger partial charge in [-0.25, -0.2) is 9.13 Å². The van der Waals surface area contributed by atoms with Crippen molar-refractivity contribution in [3.05, 3.63) is 0 Å². The molecule has 0 spiro atoms. The number of carbonyl (C=O) groups is 4. The fourth-order valence-corrected chi connectivity index (χ4v) is 14.6. The average Bonchev–Trinajstić information content (AvgIpc) is 0.938. The summed E-state index contributed by atoms with van der Waals surface area (Å²) in [4.78, 5) is 73.1. The molecule has 0 amide bonds. The molecule has 5 atom stereocenters. The van der Waals surface area contributed by atoms with E-state index in [0.29, 0.717) is 25.7 Å². The van der Waals surface area contributed by atoms with Crippen LogP contribution in [0.25, 0.3) is 0 Å². The molecule has 0 aliphatic carbocycles. The van der Waals surface area contributed by atoms with Crippen molar-refractivity contribution < 1.29 is 80.2 Å². The number of hydrogen-bond donors (Lipinski definition) is 3. The van der Waals surface area contributed by atoms with Crippen molar-refractivity contribution in [2.24, 2.45) is 17.8 Å². The van der Waals surface area contributed by atoms with Gasteiger partial charge in [-0.3, -0.25) is 37.3 Å². The third kappa shape index (κ3) is 78.0. The number of unbranched alkanes of at least 4 members (excludes halogenated alkanes) is 50. The second kappa shape index (κ2) is 74.2. The second-order valence-corrected chi connectivity index (χ2v) is 34.6. The quantitative estimate of drug-likeness (QED) is 0.0222. The third-order valence-corrected chi connectivity index (χ3v) is 21.5.